The Morgan fingerprint density at radius 3 is 2.67 bits per heavy atom. The van der Waals surface area contributed by atoms with Gasteiger partial charge in [-0.1, -0.05) is 51.0 Å². The van der Waals surface area contributed by atoms with Crippen LogP contribution in [-0.4, -0.2) is 6.54 Å². The van der Waals surface area contributed by atoms with Crippen LogP contribution in [0.3, 0.4) is 0 Å². The van der Waals surface area contributed by atoms with Gasteiger partial charge in [-0.25, -0.2) is 0 Å². The molecule has 0 heterocycles. The lowest BCUT2D eigenvalue weighted by molar-refractivity contribution is 0.258. The van der Waals surface area contributed by atoms with Gasteiger partial charge in [-0.15, -0.1) is 0 Å². The second-order valence-corrected chi connectivity index (χ2v) is 6.86. The van der Waals surface area contributed by atoms with Crippen molar-refractivity contribution >= 4 is 0 Å². The van der Waals surface area contributed by atoms with Gasteiger partial charge in [0.15, 0.2) is 0 Å². The molecule has 1 aromatic carbocycles. The largest absolute Gasteiger partial charge is 0.309 e. The zero-order valence-corrected chi connectivity index (χ0v) is 11.7. The van der Waals surface area contributed by atoms with E-state index in [4.69, 9.17) is 0 Å². The molecule has 1 N–H and O–H groups in total. The Hall–Kier alpha value is -0.820. The molecule has 1 saturated carbocycles. The zero-order valence-electron chi connectivity index (χ0n) is 11.7. The summed E-state index contributed by atoms with van der Waals surface area (Å²) in [6.45, 7) is 6.01. The third-order valence-corrected chi connectivity index (χ3v) is 4.88. The van der Waals surface area contributed by atoms with Crippen molar-refractivity contribution in [2.24, 2.45) is 11.3 Å². The van der Waals surface area contributed by atoms with Gasteiger partial charge < -0.3 is 5.32 Å². The molecule has 2 aliphatic rings. The lowest BCUT2D eigenvalue weighted by atomic mass is 9.85. The lowest BCUT2D eigenvalue weighted by Crippen LogP contribution is -2.33. The Bertz CT molecular complexity index is 415. The maximum Gasteiger partial charge on any atom is 0.0377 e. The summed E-state index contributed by atoms with van der Waals surface area (Å²) in [5.41, 5.74) is 3.45. The van der Waals surface area contributed by atoms with Crippen LogP contribution in [-0.2, 0) is 6.42 Å². The summed E-state index contributed by atoms with van der Waals surface area (Å²) in [5, 5.41) is 3.87. The number of rotatable bonds is 3. The topological polar surface area (TPSA) is 12.0 Å². The Balaban J connectivity index is 1.73. The monoisotopic (exact) mass is 243 g/mol. The van der Waals surface area contributed by atoms with Crippen LogP contribution in [0.15, 0.2) is 24.3 Å². The van der Waals surface area contributed by atoms with Gasteiger partial charge in [-0.2, -0.15) is 0 Å². The Kier molecular flexibility index (Phi) is 3.19. The Labute approximate surface area is 111 Å². The van der Waals surface area contributed by atoms with Crippen molar-refractivity contribution in [1.29, 1.82) is 0 Å². The summed E-state index contributed by atoms with van der Waals surface area (Å²) < 4.78 is 0. The maximum absolute atomic E-state index is 3.87. The van der Waals surface area contributed by atoms with E-state index in [0.717, 1.165) is 5.92 Å². The highest BCUT2D eigenvalue weighted by molar-refractivity contribution is 5.37. The standard InChI is InChI=1S/C17H25N/c1-17(2)11-14-9-5-6-10-15(14)16(17)18-12-13-7-3-4-8-13/h5-6,9-10,13,16,18H,3-4,7-8,11-12H2,1-2H3. The van der Waals surface area contributed by atoms with Crippen LogP contribution in [0.5, 0.6) is 0 Å². The van der Waals surface area contributed by atoms with Crippen molar-refractivity contribution in [2.45, 2.75) is 52.0 Å². The van der Waals surface area contributed by atoms with Crippen LogP contribution >= 0.6 is 0 Å². The van der Waals surface area contributed by atoms with E-state index in [-0.39, 0.29) is 0 Å². The molecule has 1 atom stereocenters. The van der Waals surface area contributed by atoms with E-state index >= 15 is 0 Å². The Morgan fingerprint density at radius 1 is 1.17 bits per heavy atom. The summed E-state index contributed by atoms with van der Waals surface area (Å²) in [7, 11) is 0. The molecule has 1 nitrogen and oxygen atoms in total. The van der Waals surface area contributed by atoms with Crippen molar-refractivity contribution in [3.05, 3.63) is 35.4 Å². The van der Waals surface area contributed by atoms with Crippen molar-refractivity contribution < 1.29 is 0 Å². The molecule has 1 aromatic rings. The first-order valence-corrected chi connectivity index (χ1v) is 7.48. The van der Waals surface area contributed by atoms with Gasteiger partial charge in [0.2, 0.25) is 0 Å². The van der Waals surface area contributed by atoms with Crippen molar-refractivity contribution in [1.82, 2.24) is 5.32 Å². The summed E-state index contributed by atoms with van der Waals surface area (Å²) in [6, 6.07) is 9.53. The Morgan fingerprint density at radius 2 is 1.89 bits per heavy atom. The van der Waals surface area contributed by atoms with E-state index in [2.05, 4.69) is 43.4 Å². The number of nitrogens with one attached hydrogen (secondary N) is 1. The predicted octanol–water partition coefficient (Wildman–Crippen LogP) is 4.09. The quantitative estimate of drug-likeness (QED) is 0.843. The minimum Gasteiger partial charge on any atom is -0.309 e. The van der Waals surface area contributed by atoms with Crippen LogP contribution in [0.4, 0.5) is 0 Å². The summed E-state index contributed by atoms with van der Waals surface area (Å²) in [4.78, 5) is 0. The first-order valence-electron chi connectivity index (χ1n) is 7.48. The van der Waals surface area contributed by atoms with E-state index in [1.807, 2.05) is 0 Å². The van der Waals surface area contributed by atoms with Gasteiger partial charge in [0.1, 0.15) is 0 Å². The van der Waals surface area contributed by atoms with Gasteiger partial charge >= 0.3 is 0 Å². The summed E-state index contributed by atoms with van der Waals surface area (Å²) >= 11 is 0. The fourth-order valence-electron chi connectivity index (χ4n) is 3.88. The molecule has 1 unspecified atom stereocenters. The van der Waals surface area contributed by atoms with Gasteiger partial charge in [-0.3, -0.25) is 0 Å². The number of benzene rings is 1. The summed E-state index contributed by atoms with van der Waals surface area (Å²) in [6.07, 6.45) is 6.96. The molecule has 0 radical (unpaired) electrons. The normalized spacial score (nSPS) is 26.4. The molecular formula is C17H25N. The SMILES string of the molecule is CC1(C)Cc2ccccc2C1NCC1CCCC1. The van der Waals surface area contributed by atoms with Crippen molar-refractivity contribution in [3.8, 4) is 0 Å². The molecule has 98 valence electrons. The molecule has 0 aromatic heterocycles. The van der Waals surface area contributed by atoms with E-state index in [1.165, 1.54) is 38.6 Å². The van der Waals surface area contributed by atoms with Crippen LogP contribution in [0.1, 0.15) is 56.7 Å². The molecule has 1 fully saturated rings. The fraction of sp³-hybridized carbons (Fsp3) is 0.647. The molecule has 0 bridgehead atoms. The van der Waals surface area contributed by atoms with E-state index in [9.17, 15) is 0 Å². The molecule has 1 heteroatoms. The van der Waals surface area contributed by atoms with Gasteiger partial charge in [0, 0.05) is 6.04 Å². The fourth-order valence-corrected chi connectivity index (χ4v) is 3.88. The third kappa shape index (κ3) is 2.21. The molecular weight excluding hydrogens is 218 g/mol. The van der Waals surface area contributed by atoms with Crippen LogP contribution in [0, 0.1) is 11.3 Å². The van der Waals surface area contributed by atoms with Gasteiger partial charge in [0.25, 0.3) is 0 Å². The zero-order chi connectivity index (χ0) is 12.6. The van der Waals surface area contributed by atoms with Crippen LogP contribution < -0.4 is 5.32 Å². The molecule has 2 aliphatic carbocycles. The van der Waals surface area contributed by atoms with Crippen LogP contribution in [0.2, 0.25) is 0 Å². The average Bonchev–Trinajstić information content (AvgIpc) is 2.91. The molecule has 0 saturated heterocycles. The minimum absolute atomic E-state index is 0.363. The van der Waals surface area contributed by atoms with E-state index < -0.39 is 0 Å². The molecule has 0 amide bonds. The predicted molar refractivity (Wildman–Crippen MR) is 76.6 cm³/mol. The highest BCUT2D eigenvalue weighted by atomic mass is 14.9. The number of hydrogen-bond acceptors (Lipinski definition) is 1. The first-order chi connectivity index (χ1) is 8.67. The van der Waals surface area contributed by atoms with Crippen LogP contribution in [0.25, 0.3) is 0 Å². The average molecular weight is 243 g/mol. The number of fused-ring (bicyclic) bond motifs is 1. The van der Waals surface area contributed by atoms with E-state index in [1.54, 1.807) is 11.1 Å². The lowest BCUT2D eigenvalue weighted by Gasteiger charge is -2.30. The first kappa shape index (κ1) is 12.2. The molecule has 3 rings (SSSR count). The molecule has 0 spiro atoms. The molecule has 18 heavy (non-hydrogen) atoms. The third-order valence-electron chi connectivity index (χ3n) is 4.88. The van der Waals surface area contributed by atoms with Gasteiger partial charge in [-0.05, 0) is 48.3 Å². The number of hydrogen-bond donors (Lipinski definition) is 1. The van der Waals surface area contributed by atoms with Gasteiger partial charge in [0.05, 0.1) is 0 Å². The smallest absolute Gasteiger partial charge is 0.0377 e. The van der Waals surface area contributed by atoms with Crippen molar-refractivity contribution in [3.63, 3.8) is 0 Å². The van der Waals surface area contributed by atoms with Crippen molar-refractivity contribution in [2.75, 3.05) is 6.54 Å². The second kappa shape index (κ2) is 4.70. The highest BCUT2D eigenvalue weighted by Gasteiger charge is 2.38. The molecule has 0 aliphatic heterocycles. The maximum atomic E-state index is 3.87. The highest BCUT2D eigenvalue weighted by Crippen LogP contribution is 2.45. The summed E-state index contributed by atoms with van der Waals surface area (Å²) in [5.74, 6) is 0.925. The second-order valence-electron chi connectivity index (χ2n) is 6.86. The minimum atomic E-state index is 0.363. The van der Waals surface area contributed by atoms with E-state index in [0.29, 0.717) is 11.5 Å².